The number of rotatable bonds is 18. The van der Waals surface area contributed by atoms with Gasteiger partial charge in [0.25, 0.3) is 0 Å². The second kappa shape index (κ2) is 23.6. The Labute approximate surface area is 204 Å². The number of carboxylic acid groups (broad SMARTS) is 1. The summed E-state index contributed by atoms with van der Waals surface area (Å²) < 4.78 is 0. The minimum absolute atomic E-state index is 0. The van der Waals surface area contributed by atoms with Crippen molar-refractivity contribution in [2.75, 3.05) is 32.7 Å². The van der Waals surface area contributed by atoms with Gasteiger partial charge in [-0.05, 0) is 65.2 Å². The zero-order valence-electron chi connectivity index (χ0n) is 18.4. The maximum Gasteiger partial charge on any atom is 0.344 e. The minimum atomic E-state index is -1.46. The fourth-order valence-corrected chi connectivity index (χ4v) is 2.54. The summed E-state index contributed by atoms with van der Waals surface area (Å²) in [4.78, 5) is 27.5. The van der Waals surface area contributed by atoms with Gasteiger partial charge in [-0.15, -0.1) is 37.2 Å². The highest BCUT2D eigenvalue weighted by Crippen LogP contribution is 2.06. The average molecular weight is 511 g/mol. The maximum absolute atomic E-state index is 12.1. The monoisotopic (exact) mass is 509 g/mol. The number of nitrogens with one attached hydrogen (secondary N) is 3. The Hall–Kier alpha value is -1.04. The lowest BCUT2D eigenvalue weighted by atomic mass is 10.1. The minimum Gasteiger partial charge on any atom is -0.478 e. The van der Waals surface area contributed by atoms with Gasteiger partial charge in [0.1, 0.15) is 0 Å². The second-order valence-electron chi connectivity index (χ2n) is 6.98. The van der Waals surface area contributed by atoms with Crippen molar-refractivity contribution in [3.05, 3.63) is 0 Å². The molecule has 0 rings (SSSR count). The molecule has 13 heteroatoms. The van der Waals surface area contributed by atoms with Gasteiger partial charge < -0.3 is 32.9 Å². The predicted octanol–water partition coefficient (Wildman–Crippen LogP) is 0.701. The summed E-state index contributed by atoms with van der Waals surface area (Å²) in [6.45, 7) is 4.98. The molecule has 10 N–H and O–H groups in total. The molecule has 0 radical (unpaired) electrons. The number of aliphatic imine (C=N–C) groups is 1. The average Bonchev–Trinajstić information content (AvgIpc) is 2.62. The molecular weight excluding hydrogens is 469 g/mol. The van der Waals surface area contributed by atoms with E-state index in [1.165, 1.54) is 6.92 Å². The molecule has 0 aliphatic rings. The van der Waals surface area contributed by atoms with E-state index in [1.807, 2.05) is 0 Å². The first kappa shape index (κ1) is 37.3. The van der Waals surface area contributed by atoms with E-state index in [-0.39, 0.29) is 55.5 Å². The Kier molecular flexibility index (Phi) is 28.4. The number of unbranched alkanes of at least 4 members (excludes halogenated alkanes) is 4. The van der Waals surface area contributed by atoms with Gasteiger partial charge in [0.15, 0.2) is 11.6 Å². The van der Waals surface area contributed by atoms with Gasteiger partial charge >= 0.3 is 5.97 Å². The van der Waals surface area contributed by atoms with Crippen LogP contribution in [-0.4, -0.2) is 61.3 Å². The molecule has 0 aromatic heterocycles. The molecule has 0 spiro atoms. The topological polar surface area (TPSA) is 181 Å². The predicted molar refractivity (Wildman–Crippen MR) is 133 cm³/mol. The van der Waals surface area contributed by atoms with Crippen molar-refractivity contribution >= 4 is 55.1 Å². The number of guanidine groups is 1. The highest BCUT2D eigenvalue weighted by atomic mass is 35.5. The number of carbonyl (C=O) groups is 2. The fraction of sp³-hybridized carbons (Fsp3) is 0.833. The third-order valence-corrected chi connectivity index (χ3v) is 4.24. The summed E-state index contributed by atoms with van der Waals surface area (Å²) in [5.74, 6) is -1.29. The lowest BCUT2D eigenvalue weighted by Gasteiger charge is -2.27. The number of halogens is 3. The molecular formula is C18H42Cl3N7O3. The summed E-state index contributed by atoms with van der Waals surface area (Å²) in [6.07, 6.45) is 6.28. The van der Waals surface area contributed by atoms with E-state index in [1.54, 1.807) is 0 Å². The first-order valence-electron chi connectivity index (χ1n) is 10.1. The van der Waals surface area contributed by atoms with Gasteiger partial charge in [0, 0.05) is 13.0 Å². The SMILES string of the molecule is CC(NCCCCNCCCN)(NC(=O)CCCCCCN=C(N)N)C(=O)O.Cl.Cl.Cl. The number of amides is 1. The molecule has 188 valence electrons. The van der Waals surface area contributed by atoms with E-state index in [9.17, 15) is 14.7 Å². The third-order valence-electron chi connectivity index (χ3n) is 4.24. The summed E-state index contributed by atoms with van der Waals surface area (Å²) in [7, 11) is 0. The summed E-state index contributed by atoms with van der Waals surface area (Å²) >= 11 is 0. The first-order chi connectivity index (χ1) is 13.3. The van der Waals surface area contributed by atoms with Gasteiger partial charge in [-0.1, -0.05) is 12.8 Å². The van der Waals surface area contributed by atoms with Gasteiger partial charge in [-0.2, -0.15) is 0 Å². The zero-order chi connectivity index (χ0) is 21.3. The fourth-order valence-electron chi connectivity index (χ4n) is 2.54. The molecule has 0 heterocycles. The first-order valence-corrected chi connectivity index (χ1v) is 10.1. The van der Waals surface area contributed by atoms with Crippen LogP contribution in [0.4, 0.5) is 0 Å². The van der Waals surface area contributed by atoms with Crippen LogP contribution in [-0.2, 0) is 9.59 Å². The molecule has 0 aromatic rings. The van der Waals surface area contributed by atoms with E-state index in [2.05, 4.69) is 20.9 Å². The number of hydrogen-bond donors (Lipinski definition) is 7. The Morgan fingerprint density at radius 1 is 0.903 bits per heavy atom. The molecule has 1 amide bonds. The zero-order valence-corrected chi connectivity index (χ0v) is 20.8. The van der Waals surface area contributed by atoms with E-state index in [0.29, 0.717) is 26.1 Å². The molecule has 10 nitrogen and oxygen atoms in total. The molecule has 1 unspecified atom stereocenters. The van der Waals surface area contributed by atoms with Gasteiger partial charge in [-0.25, -0.2) is 4.79 Å². The third kappa shape index (κ3) is 22.0. The lowest BCUT2D eigenvalue weighted by Crippen LogP contribution is -2.62. The molecule has 0 saturated carbocycles. The highest BCUT2D eigenvalue weighted by Gasteiger charge is 2.33. The van der Waals surface area contributed by atoms with E-state index < -0.39 is 11.6 Å². The maximum atomic E-state index is 12.1. The van der Waals surface area contributed by atoms with Gasteiger partial charge in [0.05, 0.1) is 0 Å². The molecule has 0 aromatic carbocycles. The Morgan fingerprint density at radius 3 is 2.06 bits per heavy atom. The summed E-state index contributed by atoms with van der Waals surface area (Å²) in [5.41, 5.74) is 14.5. The molecule has 31 heavy (non-hydrogen) atoms. The normalized spacial score (nSPS) is 11.7. The van der Waals surface area contributed by atoms with E-state index in [0.717, 1.165) is 51.6 Å². The van der Waals surface area contributed by atoms with Crippen LogP contribution in [0.1, 0.15) is 58.3 Å². The van der Waals surface area contributed by atoms with Crippen molar-refractivity contribution in [1.82, 2.24) is 16.0 Å². The Bertz CT molecular complexity index is 484. The van der Waals surface area contributed by atoms with Crippen molar-refractivity contribution < 1.29 is 14.7 Å². The summed E-state index contributed by atoms with van der Waals surface area (Å²) in [6, 6.07) is 0. The van der Waals surface area contributed by atoms with Crippen LogP contribution >= 0.6 is 37.2 Å². The van der Waals surface area contributed by atoms with E-state index >= 15 is 0 Å². The Morgan fingerprint density at radius 2 is 1.48 bits per heavy atom. The molecule has 0 saturated heterocycles. The molecule has 0 fully saturated rings. The van der Waals surface area contributed by atoms with Crippen molar-refractivity contribution in [2.24, 2.45) is 22.2 Å². The van der Waals surface area contributed by atoms with Crippen LogP contribution in [0.5, 0.6) is 0 Å². The lowest BCUT2D eigenvalue weighted by molar-refractivity contribution is -0.148. The quantitative estimate of drug-likeness (QED) is 0.0608. The summed E-state index contributed by atoms with van der Waals surface area (Å²) in [5, 5.41) is 18.3. The Balaban J connectivity index is -0.00000121. The van der Waals surface area contributed by atoms with Crippen molar-refractivity contribution in [2.45, 2.75) is 64.0 Å². The number of nitrogens with two attached hydrogens (primary N) is 3. The van der Waals surface area contributed by atoms with Crippen LogP contribution in [0.2, 0.25) is 0 Å². The second-order valence-corrected chi connectivity index (χ2v) is 6.98. The van der Waals surface area contributed by atoms with E-state index in [4.69, 9.17) is 17.2 Å². The standard InChI is InChI=1S/C18H39N7O3.3ClH/c1-18(16(27)28,24-14-7-6-11-22-12-8-10-19)25-15(26)9-4-2-3-5-13-23-17(20)21;;;/h22,24H,2-14,19H2,1H3,(H,25,26)(H,27,28)(H4,20,21,23);3*1H. The van der Waals surface area contributed by atoms with Crippen LogP contribution in [0.15, 0.2) is 4.99 Å². The van der Waals surface area contributed by atoms with Crippen LogP contribution in [0, 0.1) is 0 Å². The molecule has 0 aliphatic heterocycles. The van der Waals surface area contributed by atoms with Crippen molar-refractivity contribution in [1.29, 1.82) is 0 Å². The van der Waals surface area contributed by atoms with Crippen molar-refractivity contribution in [3.8, 4) is 0 Å². The number of carbonyl (C=O) groups excluding carboxylic acids is 1. The largest absolute Gasteiger partial charge is 0.478 e. The van der Waals surface area contributed by atoms with Crippen molar-refractivity contribution in [3.63, 3.8) is 0 Å². The molecule has 0 aliphatic carbocycles. The smallest absolute Gasteiger partial charge is 0.344 e. The van der Waals surface area contributed by atoms with Gasteiger partial charge in [-0.3, -0.25) is 15.1 Å². The number of aliphatic carboxylic acids is 1. The number of carboxylic acids is 1. The van der Waals surface area contributed by atoms with Crippen LogP contribution < -0.4 is 33.2 Å². The van der Waals surface area contributed by atoms with Crippen LogP contribution in [0.25, 0.3) is 0 Å². The molecule has 0 bridgehead atoms. The highest BCUT2D eigenvalue weighted by molar-refractivity contribution is 5.86. The van der Waals surface area contributed by atoms with Gasteiger partial charge in [0.2, 0.25) is 5.91 Å². The number of nitrogens with zero attached hydrogens (tertiary/aromatic N) is 1. The number of hydrogen-bond acceptors (Lipinski definition) is 6. The van der Waals surface area contributed by atoms with Crippen LogP contribution in [0.3, 0.4) is 0 Å². The molecule has 1 atom stereocenters.